The SMILES string of the molecule is O=C(NCCOc1ccc2c(c1)OCO2)NCCc1ccccc1F. The molecule has 6 nitrogen and oxygen atoms in total. The van der Waals surface area contributed by atoms with Crippen molar-refractivity contribution in [3.05, 3.63) is 53.8 Å². The van der Waals surface area contributed by atoms with Gasteiger partial charge in [0.25, 0.3) is 0 Å². The molecule has 132 valence electrons. The number of carbonyl (C=O) groups is 1. The van der Waals surface area contributed by atoms with Crippen LogP contribution < -0.4 is 24.8 Å². The summed E-state index contributed by atoms with van der Waals surface area (Å²) in [5.74, 6) is 1.73. The molecule has 0 aromatic heterocycles. The molecular weight excluding hydrogens is 327 g/mol. The predicted octanol–water partition coefficient (Wildman–Crippen LogP) is 2.48. The van der Waals surface area contributed by atoms with Gasteiger partial charge in [0.05, 0.1) is 6.54 Å². The highest BCUT2D eigenvalue weighted by Gasteiger charge is 2.13. The number of ether oxygens (including phenoxy) is 3. The highest BCUT2D eigenvalue weighted by molar-refractivity contribution is 5.73. The van der Waals surface area contributed by atoms with Crippen LogP contribution in [-0.4, -0.2) is 32.5 Å². The van der Waals surface area contributed by atoms with Crippen LogP contribution in [0, 0.1) is 5.82 Å². The fraction of sp³-hybridized carbons (Fsp3) is 0.278. The molecular formula is C18H19FN2O4. The Kier molecular flexibility index (Phi) is 5.56. The van der Waals surface area contributed by atoms with Crippen LogP contribution in [0.5, 0.6) is 17.2 Å². The lowest BCUT2D eigenvalue weighted by atomic mass is 10.1. The monoisotopic (exact) mass is 346 g/mol. The number of amides is 2. The van der Waals surface area contributed by atoms with Crippen LogP contribution in [-0.2, 0) is 6.42 Å². The highest BCUT2D eigenvalue weighted by Crippen LogP contribution is 2.34. The van der Waals surface area contributed by atoms with Crippen molar-refractivity contribution in [1.82, 2.24) is 10.6 Å². The van der Waals surface area contributed by atoms with Gasteiger partial charge in [-0.2, -0.15) is 0 Å². The van der Waals surface area contributed by atoms with Gasteiger partial charge < -0.3 is 24.8 Å². The van der Waals surface area contributed by atoms with Gasteiger partial charge in [0.1, 0.15) is 18.2 Å². The Bertz CT molecular complexity index is 739. The second-order valence-electron chi connectivity index (χ2n) is 5.39. The second-order valence-corrected chi connectivity index (χ2v) is 5.39. The molecule has 2 N–H and O–H groups in total. The minimum atomic E-state index is -0.314. The van der Waals surface area contributed by atoms with Crippen molar-refractivity contribution in [3.8, 4) is 17.2 Å². The van der Waals surface area contributed by atoms with Gasteiger partial charge in [-0.3, -0.25) is 0 Å². The van der Waals surface area contributed by atoms with Gasteiger partial charge in [-0.15, -0.1) is 0 Å². The number of benzene rings is 2. The van der Waals surface area contributed by atoms with Gasteiger partial charge in [0.15, 0.2) is 11.5 Å². The molecule has 0 atom stereocenters. The summed E-state index contributed by atoms with van der Waals surface area (Å²) in [6.07, 6.45) is 0.438. The van der Waals surface area contributed by atoms with Crippen molar-refractivity contribution >= 4 is 6.03 Å². The summed E-state index contributed by atoms with van der Waals surface area (Å²) >= 11 is 0. The molecule has 0 aliphatic carbocycles. The Morgan fingerprint density at radius 2 is 1.88 bits per heavy atom. The first-order chi connectivity index (χ1) is 12.2. The summed E-state index contributed by atoms with van der Waals surface area (Å²) in [5, 5.41) is 5.36. The van der Waals surface area contributed by atoms with Crippen molar-refractivity contribution in [2.75, 3.05) is 26.5 Å². The molecule has 1 heterocycles. The number of rotatable bonds is 7. The Morgan fingerprint density at radius 1 is 1.08 bits per heavy atom. The smallest absolute Gasteiger partial charge is 0.314 e. The van der Waals surface area contributed by atoms with Gasteiger partial charge >= 0.3 is 6.03 Å². The van der Waals surface area contributed by atoms with Crippen LogP contribution >= 0.6 is 0 Å². The normalized spacial score (nSPS) is 11.9. The van der Waals surface area contributed by atoms with Crippen LogP contribution in [0.25, 0.3) is 0 Å². The van der Waals surface area contributed by atoms with Gasteiger partial charge in [0.2, 0.25) is 6.79 Å². The van der Waals surface area contributed by atoms with E-state index in [4.69, 9.17) is 14.2 Å². The molecule has 0 bridgehead atoms. The third kappa shape index (κ3) is 4.76. The molecule has 25 heavy (non-hydrogen) atoms. The number of hydrogen-bond donors (Lipinski definition) is 2. The van der Waals surface area contributed by atoms with Crippen LogP contribution in [0.2, 0.25) is 0 Å². The molecule has 0 saturated carbocycles. The maximum absolute atomic E-state index is 13.4. The van der Waals surface area contributed by atoms with E-state index in [1.807, 2.05) is 0 Å². The third-order valence-corrected chi connectivity index (χ3v) is 3.64. The zero-order valence-electron chi connectivity index (χ0n) is 13.6. The zero-order chi connectivity index (χ0) is 17.5. The summed E-state index contributed by atoms with van der Waals surface area (Å²) in [7, 11) is 0. The van der Waals surface area contributed by atoms with Crippen molar-refractivity contribution in [3.63, 3.8) is 0 Å². The van der Waals surface area contributed by atoms with Gasteiger partial charge in [-0.25, -0.2) is 9.18 Å². The Balaban J connectivity index is 1.31. The lowest BCUT2D eigenvalue weighted by Gasteiger charge is -2.09. The summed E-state index contributed by atoms with van der Waals surface area (Å²) in [6.45, 7) is 1.24. The lowest BCUT2D eigenvalue weighted by Crippen LogP contribution is -2.38. The van der Waals surface area contributed by atoms with E-state index in [0.29, 0.717) is 48.9 Å². The number of hydrogen-bond acceptors (Lipinski definition) is 4. The Morgan fingerprint density at radius 3 is 2.76 bits per heavy atom. The molecule has 0 radical (unpaired) electrons. The van der Waals surface area contributed by atoms with Crippen LogP contribution in [0.15, 0.2) is 42.5 Å². The van der Waals surface area contributed by atoms with Crippen molar-refractivity contribution in [2.45, 2.75) is 6.42 Å². The summed E-state index contributed by atoms with van der Waals surface area (Å²) in [4.78, 5) is 11.7. The standard InChI is InChI=1S/C18H19FN2O4/c19-15-4-2-1-3-13(15)7-8-20-18(22)21-9-10-23-14-5-6-16-17(11-14)25-12-24-16/h1-6,11H,7-10,12H2,(H2,20,21,22). The summed E-state index contributed by atoms with van der Waals surface area (Å²) < 4.78 is 29.5. The Labute approximate surface area is 144 Å². The molecule has 2 aromatic carbocycles. The van der Waals surface area contributed by atoms with E-state index in [9.17, 15) is 9.18 Å². The number of fused-ring (bicyclic) bond motifs is 1. The van der Waals surface area contributed by atoms with E-state index in [-0.39, 0.29) is 18.6 Å². The largest absolute Gasteiger partial charge is 0.492 e. The summed E-state index contributed by atoms with van der Waals surface area (Å²) in [5.41, 5.74) is 0.578. The van der Waals surface area contributed by atoms with Crippen LogP contribution in [0.1, 0.15) is 5.56 Å². The van der Waals surface area contributed by atoms with E-state index in [1.165, 1.54) is 6.07 Å². The molecule has 1 aliphatic rings. The fourth-order valence-corrected chi connectivity index (χ4v) is 2.37. The minimum Gasteiger partial charge on any atom is -0.492 e. The zero-order valence-corrected chi connectivity index (χ0v) is 13.6. The van der Waals surface area contributed by atoms with E-state index >= 15 is 0 Å². The van der Waals surface area contributed by atoms with E-state index < -0.39 is 0 Å². The maximum atomic E-state index is 13.4. The Hall–Kier alpha value is -2.96. The van der Waals surface area contributed by atoms with E-state index in [2.05, 4.69) is 10.6 Å². The highest BCUT2D eigenvalue weighted by atomic mass is 19.1. The van der Waals surface area contributed by atoms with Gasteiger partial charge in [-0.1, -0.05) is 18.2 Å². The fourth-order valence-electron chi connectivity index (χ4n) is 2.37. The number of nitrogens with one attached hydrogen (secondary N) is 2. The molecule has 0 unspecified atom stereocenters. The van der Waals surface area contributed by atoms with Gasteiger partial charge in [-0.05, 0) is 30.2 Å². The lowest BCUT2D eigenvalue weighted by molar-refractivity contribution is 0.173. The first kappa shape index (κ1) is 16.9. The molecule has 0 spiro atoms. The first-order valence-electron chi connectivity index (χ1n) is 8.00. The molecule has 3 rings (SSSR count). The average molecular weight is 346 g/mol. The molecule has 0 saturated heterocycles. The second kappa shape index (κ2) is 8.23. The topological polar surface area (TPSA) is 68.8 Å². The molecule has 0 fully saturated rings. The molecule has 1 aliphatic heterocycles. The maximum Gasteiger partial charge on any atom is 0.314 e. The van der Waals surface area contributed by atoms with Crippen molar-refractivity contribution in [2.24, 2.45) is 0 Å². The van der Waals surface area contributed by atoms with Gasteiger partial charge in [0, 0.05) is 12.6 Å². The average Bonchev–Trinajstić information content (AvgIpc) is 3.08. The number of urea groups is 1. The minimum absolute atomic E-state index is 0.216. The number of carbonyl (C=O) groups excluding carboxylic acids is 1. The summed E-state index contributed by atoms with van der Waals surface area (Å²) in [6, 6.07) is 11.5. The van der Waals surface area contributed by atoms with Crippen LogP contribution in [0.4, 0.5) is 9.18 Å². The molecule has 7 heteroatoms. The van der Waals surface area contributed by atoms with E-state index in [0.717, 1.165) is 0 Å². The first-order valence-corrected chi connectivity index (χ1v) is 8.00. The molecule has 2 amide bonds. The molecule has 2 aromatic rings. The van der Waals surface area contributed by atoms with Crippen molar-refractivity contribution < 1.29 is 23.4 Å². The van der Waals surface area contributed by atoms with E-state index in [1.54, 1.807) is 36.4 Å². The quantitative estimate of drug-likeness (QED) is 0.756. The predicted molar refractivity (Wildman–Crippen MR) is 89.6 cm³/mol. The third-order valence-electron chi connectivity index (χ3n) is 3.64. The van der Waals surface area contributed by atoms with Crippen LogP contribution in [0.3, 0.4) is 0 Å². The van der Waals surface area contributed by atoms with Crippen molar-refractivity contribution in [1.29, 1.82) is 0 Å². The number of halogens is 1.